The van der Waals surface area contributed by atoms with Gasteiger partial charge in [0.25, 0.3) is 0 Å². The molecule has 72 valence electrons. The molecule has 0 amide bonds. The first-order chi connectivity index (χ1) is 6.11. The number of halogens is 2. The average Bonchev–Trinajstić information content (AvgIpc) is 2.08. The molecule has 13 heavy (non-hydrogen) atoms. The van der Waals surface area contributed by atoms with Gasteiger partial charge in [0, 0.05) is 17.4 Å². The van der Waals surface area contributed by atoms with Crippen LogP contribution in [-0.2, 0) is 6.42 Å². The van der Waals surface area contributed by atoms with Crippen LogP contribution in [0.2, 0.25) is 0 Å². The molecule has 1 heterocycles. The number of hydrogen-bond acceptors (Lipinski definition) is 2. The summed E-state index contributed by atoms with van der Waals surface area (Å²) >= 11 is 5.92. The van der Waals surface area contributed by atoms with E-state index in [1.54, 1.807) is 6.33 Å². The van der Waals surface area contributed by atoms with Gasteiger partial charge in [0.15, 0.2) is 0 Å². The molecular weight excluding hydrogens is 343 g/mol. The Labute approximate surface area is 101 Å². The maximum Gasteiger partial charge on any atom is 0.115 e. The molecule has 0 bridgehead atoms. The van der Waals surface area contributed by atoms with E-state index in [-0.39, 0.29) is 0 Å². The zero-order valence-electron chi connectivity index (χ0n) is 7.67. The third kappa shape index (κ3) is 3.50. The second kappa shape index (κ2) is 5.24. The Balaban J connectivity index is 2.69. The molecule has 1 atom stereocenters. The monoisotopic (exact) mass is 354 g/mol. The van der Waals surface area contributed by atoms with Crippen molar-refractivity contribution in [2.24, 2.45) is 5.92 Å². The Morgan fingerprint density at radius 2 is 2.23 bits per heavy atom. The molecule has 2 nitrogen and oxygen atoms in total. The van der Waals surface area contributed by atoms with Gasteiger partial charge in [0.1, 0.15) is 6.33 Å². The van der Waals surface area contributed by atoms with Crippen molar-refractivity contribution in [3.05, 3.63) is 21.8 Å². The lowest BCUT2D eigenvalue weighted by Crippen LogP contribution is -2.12. The minimum atomic E-state index is 0.496. The molecule has 4 heteroatoms. The predicted molar refractivity (Wildman–Crippen MR) is 66.0 cm³/mol. The minimum absolute atomic E-state index is 0.496. The highest BCUT2D eigenvalue weighted by molar-refractivity contribution is 14.1. The number of alkyl halides is 1. The van der Waals surface area contributed by atoms with E-state index in [9.17, 15) is 0 Å². The molecular formula is C9H12BrIN2. The molecule has 0 radical (unpaired) electrons. The molecule has 0 aliphatic heterocycles. The Kier molecular flexibility index (Phi) is 4.58. The summed E-state index contributed by atoms with van der Waals surface area (Å²) in [6.07, 6.45) is 4.43. The van der Waals surface area contributed by atoms with Crippen molar-refractivity contribution in [3.63, 3.8) is 0 Å². The topological polar surface area (TPSA) is 25.8 Å². The molecule has 0 aromatic carbocycles. The van der Waals surface area contributed by atoms with Gasteiger partial charge in [-0.1, -0.05) is 29.8 Å². The molecule has 1 aromatic rings. The first kappa shape index (κ1) is 11.4. The fourth-order valence-electron chi connectivity index (χ4n) is 0.909. The standard InChI is InChI=1S/C9H12BrIN2/c1-6(2)7(10)3-9-8(11)4-12-5-13-9/h4-7H,3H2,1-2H3. The smallest absolute Gasteiger partial charge is 0.115 e. The zero-order valence-corrected chi connectivity index (χ0v) is 11.4. The number of hydrogen-bond donors (Lipinski definition) is 0. The summed E-state index contributed by atoms with van der Waals surface area (Å²) in [6.45, 7) is 4.40. The summed E-state index contributed by atoms with van der Waals surface area (Å²) in [5.41, 5.74) is 1.13. The molecule has 0 saturated carbocycles. The normalized spacial score (nSPS) is 13.3. The van der Waals surface area contributed by atoms with Crippen LogP contribution >= 0.6 is 38.5 Å². The lowest BCUT2D eigenvalue weighted by atomic mass is 10.1. The van der Waals surface area contributed by atoms with E-state index >= 15 is 0 Å². The fraction of sp³-hybridized carbons (Fsp3) is 0.556. The van der Waals surface area contributed by atoms with Gasteiger partial charge in [-0.15, -0.1) is 0 Å². The van der Waals surface area contributed by atoms with Crippen molar-refractivity contribution in [1.29, 1.82) is 0 Å². The highest BCUT2D eigenvalue weighted by atomic mass is 127. The van der Waals surface area contributed by atoms with Crippen LogP contribution in [0.15, 0.2) is 12.5 Å². The third-order valence-electron chi connectivity index (χ3n) is 1.86. The van der Waals surface area contributed by atoms with Crippen LogP contribution < -0.4 is 0 Å². The second-order valence-electron chi connectivity index (χ2n) is 3.28. The van der Waals surface area contributed by atoms with Gasteiger partial charge in [-0.2, -0.15) is 0 Å². The quantitative estimate of drug-likeness (QED) is 0.616. The molecule has 1 rings (SSSR count). The highest BCUT2D eigenvalue weighted by Gasteiger charge is 2.12. The van der Waals surface area contributed by atoms with E-state index in [1.165, 1.54) is 0 Å². The van der Waals surface area contributed by atoms with Crippen molar-refractivity contribution >= 4 is 38.5 Å². The van der Waals surface area contributed by atoms with Crippen LogP contribution in [0.5, 0.6) is 0 Å². The van der Waals surface area contributed by atoms with Gasteiger partial charge in [-0.3, -0.25) is 0 Å². The second-order valence-corrected chi connectivity index (χ2v) is 5.62. The van der Waals surface area contributed by atoms with Crippen LogP contribution in [0.25, 0.3) is 0 Å². The van der Waals surface area contributed by atoms with Crippen LogP contribution in [0, 0.1) is 9.49 Å². The summed E-state index contributed by atoms with van der Waals surface area (Å²) in [7, 11) is 0. The van der Waals surface area contributed by atoms with E-state index in [0.29, 0.717) is 10.7 Å². The van der Waals surface area contributed by atoms with Crippen molar-refractivity contribution < 1.29 is 0 Å². The van der Waals surface area contributed by atoms with Gasteiger partial charge in [-0.25, -0.2) is 9.97 Å². The van der Waals surface area contributed by atoms with Gasteiger partial charge >= 0.3 is 0 Å². The van der Waals surface area contributed by atoms with E-state index in [1.807, 2.05) is 6.20 Å². The van der Waals surface area contributed by atoms with E-state index in [2.05, 4.69) is 62.3 Å². The lowest BCUT2D eigenvalue weighted by Gasteiger charge is -2.13. The molecule has 1 unspecified atom stereocenters. The Morgan fingerprint density at radius 1 is 1.54 bits per heavy atom. The van der Waals surface area contributed by atoms with Gasteiger partial charge < -0.3 is 0 Å². The molecule has 0 saturated heterocycles. The molecule has 0 spiro atoms. The van der Waals surface area contributed by atoms with Crippen LogP contribution in [0.3, 0.4) is 0 Å². The van der Waals surface area contributed by atoms with Gasteiger partial charge in [0.05, 0.1) is 9.26 Å². The SMILES string of the molecule is CC(C)C(Br)Cc1ncncc1I. The van der Waals surface area contributed by atoms with Crippen molar-refractivity contribution in [2.45, 2.75) is 25.1 Å². The fourth-order valence-corrected chi connectivity index (χ4v) is 1.74. The first-order valence-electron chi connectivity index (χ1n) is 4.19. The van der Waals surface area contributed by atoms with E-state index in [0.717, 1.165) is 15.7 Å². The summed E-state index contributed by atoms with van der Waals surface area (Å²) in [5.74, 6) is 0.630. The van der Waals surface area contributed by atoms with Gasteiger partial charge in [0.2, 0.25) is 0 Å². The maximum absolute atomic E-state index is 4.25. The van der Waals surface area contributed by atoms with E-state index < -0.39 is 0 Å². The Morgan fingerprint density at radius 3 is 2.77 bits per heavy atom. The van der Waals surface area contributed by atoms with Crippen LogP contribution in [0.1, 0.15) is 19.5 Å². The van der Waals surface area contributed by atoms with Gasteiger partial charge in [-0.05, 0) is 28.5 Å². The summed E-state index contributed by atoms with van der Waals surface area (Å²) in [5, 5.41) is 0. The van der Waals surface area contributed by atoms with E-state index in [4.69, 9.17) is 0 Å². The average molecular weight is 355 g/mol. The zero-order chi connectivity index (χ0) is 9.84. The summed E-state index contributed by atoms with van der Waals surface area (Å²) < 4.78 is 1.14. The predicted octanol–water partition coefficient (Wildman–Crippen LogP) is 3.04. The van der Waals surface area contributed by atoms with Crippen molar-refractivity contribution in [2.75, 3.05) is 0 Å². The van der Waals surface area contributed by atoms with Crippen LogP contribution in [-0.4, -0.2) is 14.8 Å². The molecule has 0 N–H and O–H groups in total. The van der Waals surface area contributed by atoms with Crippen LogP contribution in [0.4, 0.5) is 0 Å². The molecule has 1 aromatic heterocycles. The number of rotatable bonds is 3. The number of aromatic nitrogens is 2. The molecule has 0 fully saturated rings. The van der Waals surface area contributed by atoms with Crippen molar-refractivity contribution in [3.8, 4) is 0 Å². The molecule has 0 aliphatic carbocycles. The third-order valence-corrected chi connectivity index (χ3v) is 4.14. The molecule has 0 aliphatic rings. The summed E-state index contributed by atoms with van der Waals surface area (Å²) in [6, 6.07) is 0. The Hall–Kier alpha value is 0.290. The highest BCUT2D eigenvalue weighted by Crippen LogP contribution is 2.19. The lowest BCUT2D eigenvalue weighted by molar-refractivity contribution is 0.605. The minimum Gasteiger partial charge on any atom is -0.244 e. The van der Waals surface area contributed by atoms with Crippen molar-refractivity contribution in [1.82, 2.24) is 9.97 Å². The Bertz CT molecular complexity index is 278. The summed E-state index contributed by atoms with van der Waals surface area (Å²) in [4.78, 5) is 8.71. The first-order valence-corrected chi connectivity index (χ1v) is 6.19. The number of nitrogens with zero attached hydrogens (tertiary/aromatic N) is 2. The maximum atomic E-state index is 4.25. The largest absolute Gasteiger partial charge is 0.244 e.